The standard InChI is InChI=1S/C18H18ClN3O/c1-11-8-16-17(9-12(11)2)22(13(3)20-16)10-18(23)21-15-6-4-14(19)5-7-15/h4-9H,10H2,1-3H3,(H,21,23). The molecule has 0 aliphatic heterocycles. The predicted octanol–water partition coefficient (Wildman–Crippen LogP) is 4.25. The highest BCUT2D eigenvalue weighted by atomic mass is 35.5. The normalized spacial score (nSPS) is 11.0. The Morgan fingerprint density at radius 3 is 2.48 bits per heavy atom. The van der Waals surface area contributed by atoms with Gasteiger partial charge in [0.15, 0.2) is 0 Å². The summed E-state index contributed by atoms with van der Waals surface area (Å²) in [6.45, 7) is 6.28. The molecule has 23 heavy (non-hydrogen) atoms. The zero-order valence-corrected chi connectivity index (χ0v) is 14.1. The van der Waals surface area contributed by atoms with Crippen molar-refractivity contribution in [3.8, 4) is 0 Å². The number of fused-ring (bicyclic) bond motifs is 1. The number of hydrogen-bond donors (Lipinski definition) is 1. The smallest absolute Gasteiger partial charge is 0.244 e. The topological polar surface area (TPSA) is 46.9 Å². The van der Waals surface area contributed by atoms with Crippen LogP contribution in [0, 0.1) is 20.8 Å². The van der Waals surface area contributed by atoms with Gasteiger partial charge < -0.3 is 9.88 Å². The number of nitrogens with one attached hydrogen (secondary N) is 1. The van der Waals surface area contributed by atoms with Gasteiger partial charge in [-0.05, 0) is 68.3 Å². The molecule has 3 aromatic rings. The highest BCUT2D eigenvalue weighted by Crippen LogP contribution is 2.21. The second-order valence-corrected chi connectivity index (χ2v) is 6.16. The van der Waals surface area contributed by atoms with Gasteiger partial charge in [-0.2, -0.15) is 0 Å². The summed E-state index contributed by atoms with van der Waals surface area (Å²) in [6.07, 6.45) is 0. The van der Waals surface area contributed by atoms with E-state index in [-0.39, 0.29) is 12.5 Å². The van der Waals surface area contributed by atoms with Crippen LogP contribution >= 0.6 is 11.6 Å². The third-order valence-electron chi connectivity index (χ3n) is 3.98. The minimum absolute atomic E-state index is 0.0899. The molecule has 1 aromatic heterocycles. The van der Waals surface area contributed by atoms with Crippen molar-refractivity contribution in [3.63, 3.8) is 0 Å². The van der Waals surface area contributed by atoms with E-state index in [1.54, 1.807) is 24.3 Å². The molecule has 0 spiro atoms. The molecule has 1 amide bonds. The van der Waals surface area contributed by atoms with E-state index >= 15 is 0 Å². The lowest BCUT2D eigenvalue weighted by Gasteiger charge is -2.09. The second kappa shape index (κ2) is 6.05. The molecular formula is C18H18ClN3O. The second-order valence-electron chi connectivity index (χ2n) is 5.73. The maximum absolute atomic E-state index is 12.3. The third-order valence-corrected chi connectivity index (χ3v) is 4.24. The first-order valence-electron chi connectivity index (χ1n) is 7.43. The van der Waals surface area contributed by atoms with Gasteiger partial charge in [0, 0.05) is 10.7 Å². The summed E-state index contributed by atoms with van der Waals surface area (Å²) < 4.78 is 1.94. The molecule has 0 atom stereocenters. The summed E-state index contributed by atoms with van der Waals surface area (Å²) in [5, 5.41) is 3.52. The molecule has 0 unspecified atom stereocenters. The number of rotatable bonds is 3. The molecule has 1 N–H and O–H groups in total. The number of carbonyl (C=O) groups excluding carboxylic acids is 1. The lowest BCUT2D eigenvalue weighted by atomic mass is 10.1. The maximum Gasteiger partial charge on any atom is 0.244 e. The maximum atomic E-state index is 12.3. The quantitative estimate of drug-likeness (QED) is 0.781. The summed E-state index contributed by atoms with van der Waals surface area (Å²) in [4.78, 5) is 16.9. The minimum Gasteiger partial charge on any atom is -0.325 e. The summed E-state index contributed by atoms with van der Waals surface area (Å²) in [5.74, 6) is 0.740. The Kier molecular flexibility index (Phi) is 4.09. The molecule has 5 heteroatoms. The van der Waals surface area contributed by atoms with E-state index < -0.39 is 0 Å². The molecule has 0 aliphatic rings. The Balaban J connectivity index is 1.86. The van der Waals surface area contributed by atoms with Crippen LogP contribution in [0.3, 0.4) is 0 Å². The van der Waals surface area contributed by atoms with Crippen molar-refractivity contribution in [2.75, 3.05) is 5.32 Å². The fraction of sp³-hybridized carbons (Fsp3) is 0.222. The number of nitrogens with zero attached hydrogens (tertiary/aromatic N) is 2. The Bertz CT molecular complexity index is 881. The highest BCUT2D eigenvalue weighted by molar-refractivity contribution is 6.30. The van der Waals surface area contributed by atoms with Crippen molar-refractivity contribution in [1.29, 1.82) is 0 Å². The van der Waals surface area contributed by atoms with Gasteiger partial charge >= 0.3 is 0 Å². The number of amides is 1. The summed E-state index contributed by atoms with van der Waals surface area (Å²) >= 11 is 5.85. The van der Waals surface area contributed by atoms with Gasteiger partial charge in [-0.15, -0.1) is 0 Å². The first kappa shape index (κ1) is 15.6. The lowest BCUT2D eigenvalue weighted by molar-refractivity contribution is -0.116. The zero-order valence-electron chi connectivity index (χ0n) is 13.4. The Hall–Kier alpha value is -2.33. The van der Waals surface area contributed by atoms with Crippen LogP contribution in [0.1, 0.15) is 17.0 Å². The lowest BCUT2D eigenvalue weighted by Crippen LogP contribution is -2.19. The molecule has 4 nitrogen and oxygen atoms in total. The Morgan fingerprint density at radius 2 is 1.78 bits per heavy atom. The number of benzene rings is 2. The van der Waals surface area contributed by atoms with Crippen LogP contribution < -0.4 is 5.32 Å². The van der Waals surface area contributed by atoms with Crippen molar-refractivity contribution in [2.24, 2.45) is 0 Å². The highest BCUT2D eigenvalue weighted by Gasteiger charge is 2.12. The largest absolute Gasteiger partial charge is 0.325 e. The van der Waals surface area contributed by atoms with Crippen LogP contribution in [0.15, 0.2) is 36.4 Å². The third kappa shape index (κ3) is 3.22. The molecule has 0 aliphatic carbocycles. The van der Waals surface area contributed by atoms with E-state index in [0.29, 0.717) is 5.02 Å². The van der Waals surface area contributed by atoms with Crippen LogP contribution in [-0.2, 0) is 11.3 Å². The van der Waals surface area contributed by atoms with Gasteiger partial charge in [-0.1, -0.05) is 11.6 Å². The van der Waals surface area contributed by atoms with Crippen molar-refractivity contribution in [2.45, 2.75) is 27.3 Å². The molecule has 0 bridgehead atoms. The van der Waals surface area contributed by atoms with Crippen LogP contribution in [0.4, 0.5) is 5.69 Å². The molecule has 118 valence electrons. The Morgan fingerprint density at radius 1 is 1.13 bits per heavy atom. The van der Waals surface area contributed by atoms with Gasteiger partial charge in [-0.3, -0.25) is 4.79 Å². The first-order chi connectivity index (χ1) is 10.9. The van der Waals surface area contributed by atoms with Crippen molar-refractivity contribution in [1.82, 2.24) is 9.55 Å². The average molecular weight is 328 g/mol. The first-order valence-corrected chi connectivity index (χ1v) is 7.81. The number of hydrogen-bond acceptors (Lipinski definition) is 2. The van der Waals surface area contributed by atoms with E-state index in [1.807, 2.05) is 11.5 Å². The number of aromatic nitrogens is 2. The minimum atomic E-state index is -0.0899. The molecular weight excluding hydrogens is 310 g/mol. The number of halogens is 1. The van der Waals surface area contributed by atoms with Gasteiger partial charge in [0.25, 0.3) is 0 Å². The van der Waals surface area contributed by atoms with Gasteiger partial charge in [0.2, 0.25) is 5.91 Å². The molecule has 3 rings (SSSR count). The molecule has 0 radical (unpaired) electrons. The summed E-state index contributed by atoms with van der Waals surface area (Å²) in [5.41, 5.74) is 5.03. The van der Waals surface area contributed by atoms with E-state index in [1.165, 1.54) is 11.1 Å². The predicted molar refractivity (Wildman–Crippen MR) is 94.0 cm³/mol. The van der Waals surface area contributed by atoms with Crippen molar-refractivity contribution in [3.05, 3.63) is 58.4 Å². The molecule has 2 aromatic carbocycles. The van der Waals surface area contributed by atoms with Crippen molar-refractivity contribution >= 4 is 34.2 Å². The zero-order chi connectivity index (χ0) is 16.6. The average Bonchev–Trinajstić information content (AvgIpc) is 2.78. The fourth-order valence-electron chi connectivity index (χ4n) is 2.58. The van der Waals surface area contributed by atoms with Crippen molar-refractivity contribution < 1.29 is 4.79 Å². The van der Waals surface area contributed by atoms with Gasteiger partial charge in [-0.25, -0.2) is 4.98 Å². The number of anilines is 1. The van der Waals surface area contributed by atoms with Crippen LogP contribution in [-0.4, -0.2) is 15.5 Å². The number of imidazole rings is 1. The molecule has 0 saturated carbocycles. The van der Waals surface area contributed by atoms with Gasteiger partial charge in [0.1, 0.15) is 12.4 Å². The van der Waals surface area contributed by atoms with Crippen LogP contribution in [0.2, 0.25) is 5.02 Å². The molecule has 0 saturated heterocycles. The van der Waals surface area contributed by atoms with E-state index in [2.05, 4.69) is 36.3 Å². The summed E-state index contributed by atoms with van der Waals surface area (Å²) in [6, 6.07) is 11.2. The number of carbonyl (C=O) groups is 1. The van der Waals surface area contributed by atoms with Crippen LogP contribution in [0.25, 0.3) is 11.0 Å². The SMILES string of the molecule is Cc1cc2nc(C)n(CC(=O)Nc3ccc(Cl)cc3)c2cc1C. The van der Waals surface area contributed by atoms with Gasteiger partial charge in [0.05, 0.1) is 11.0 Å². The summed E-state index contributed by atoms with van der Waals surface area (Å²) in [7, 11) is 0. The van der Waals surface area contributed by atoms with E-state index in [0.717, 1.165) is 22.5 Å². The van der Waals surface area contributed by atoms with Crippen LogP contribution in [0.5, 0.6) is 0 Å². The Labute approximate surface area is 140 Å². The number of aryl methyl sites for hydroxylation is 3. The monoisotopic (exact) mass is 327 g/mol. The van der Waals surface area contributed by atoms with E-state index in [4.69, 9.17) is 11.6 Å². The molecule has 1 heterocycles. The van der Waals surface area contributed by atoms with E-state index in [9.17, 15) is 4.79 Å². The molecule has 0 fully saturated rings. The fourth-order valence-corrected chi connectivity index (χ4v) is 2.70.